The monoisotopic (exact) mass is 285 g/mol. The number of nitrogens with two attached hydrogens (primary N) is 1. The average Bonchev–Trinajstić information content (AvgIpc) is 3.04. The molecule has 0 amide bonds. The Morgan fingerprint density at radius 3 is 2.70 bits per heavy atom. The summed E-state index contributed by atoms with van der Waals surface area (Å²) in [6.07, 6.45) is 1.82. The zero-order valence-corrected chi connectivity index (χ0v) is 12.1. The number of aryl methyl sites for hydroxylation is 1. The van der Waals surface area contributed by atoms with Gasteiger partial charge in [0.1, 0.15) is 17.1 Å². The van der Waals surface area contributed by atoms with E-state index in [1.54, 1.807) is 23.1 Å². The van der Waals surface area contributed by atoms with Crippen LogP contribution in [0.2, 0.25) is 0 Å². The van der Waals surface area contributed by atoms with E-state index in [2.05, 4.69) is 18.1 Å². The Hall–Kier alpha value is -2.27. The van der Waals surface area contributed by atoms with Crippen LogP contribution in [0.25, 0.3) is 16.3 Å². The summed E-state index contributed by atoms with van der Waals surface area (Å²) < 4.78 is 7.12. The van der Waals surface area contributed by atoms with Crippen LogP contribution in [-0.2, 0) is 0 Å². The molecule has 3 aromatic rings. The van der Waals surface area contributed by atoms with Gasteiger partial charge in [-0.1, -0.05) is 12.1 Å². The summed E-state index contributed by atoms with van der Waals surface area (Å²) in [7, 11) is 1.65. The molecule has 0 unspecified atom stereocenters. The van der Waals surface area contributed by atoms with Crippen LogP contribution in [0.3, 0.4) is 0 Å². The molecule has 0 spiro atoms. The van der Waals surface area contributed by atoms with E-state index in [-0.39, 0.29) is 0 Å². The lowest BCUT2D eigenvalue weighted by Gasteiger charge is -2.07. The van der Waals surface area contributed by atoms with Crippen LogP contribution < -0.4 is 10.5 Å². The molecule has 2 heterocycles. The van der Waals surface area contributed by atoms with Gasteiger partial charge in [-0.2, -0.15) is 5.10 Å². The number of ether oxygens (including phenoxy) is 1. The maximum Gasteiger partial charge on any atom is 0.144 e. The fourth-order valence-corrected chi connectivity index (χ4v) is 2.96. The molecule has 20 heavy (non-hydrogen) atoms. The van der Waals surface area contributed by atoms with Gasteiger partial charge in [-0.05, 0) is 31.2 Å². The van der Waals surface area contributed by atoms with Crippen LogP contribution in [-0.4, -0.2) is 16.9 Å². The Kier molecular flexibility index (Phi) is 3.20. The maximum atomic E-state index is 6.09. The molecule has 0 radical (unpaired) electrons. The number of para-hydroxylation sites is 2. The predicted molar refractivity (Wildman–Crippen MR) is 82.6 cm³/mol. The highest BCUT2D eigenvalue weighted by molar-refractivity contribution is 7.15. The van der Waals surface area contributed by atoms with E-state index >= 15 is 0 Å². The summed E-state index contributed by atoms with van der Waals surface area (Å²) in [5.41, 5.74) is 8.45. The van der Waals surface area contributed by atoms with Gasteiger partial charge in [-0.15, -0.1) is 11.3 Å². The molecule has 102 valence electrons. The van der Waals surface area contributed by atoms with Crippen LogP contribution in [0.4, 0.5) is 5.69 Å². The van der Waals surface area contributed by atoms with Crippen LogP contribution >= 0.6 is 11.3 Å². The molecule has 0 aliphatic carbocycles. The standard InChI is InChI=1S/C15H15N3OS/c1-10-7-8-14(20-10)15-11(16)9-18(17-15)12-5-3-4-6-13(12)19-2/h3-9H,16H2,1-2H3. The number of anilines is 1. The third-order valence-corrected chi connectivity index (χ3v) is 4.06. The molecule has 3 rings (SSSR count). The van der Waals surface area contributed by atoms with Crippen molar-refractivity contribution in [2.75, 3.05) is 12.8 Å². The Labute approximate surface area is 121 Å². The van der Waals surface area contributed by atoms with Crippen molar-refractivity contribution in [1.82, 2.24) is 9.78 Å². The first kappa shape index (κ1) is 12.7. The van der Waals surface area contributed by atoms with E-state index in [4.69, 9.17) is 10.5 Å². The van der Waals surface area contributed by atoms with Crippen molar-refractivity contribution in [2.24, 2.45) is 0 Å². The molecule has 1 aromatic carbocycles. The summed E-state index contributed by atoms with van der Waals surface area (Å²) in [5.74, 6) is 0.768. The van der Waals surface area contributed by atoms with Crippen LogP contribution in [0.1, 0.15) is 4.88 Å². The van der Waals surface area contributed by atoms with Crippen LogP contribution in [0, 0.1) is 6.92 Å². The fraction of sp³-hybridized carbons (Fsp3) is 0.133. The molecule has 0 aliphatic heterocycles. The lowest BCUT2D eigenvalue weighted by Crippen LogP contribution is -1.98. The smallest absolute Gasteiger partial charge is 0.144 e. The van der Waals surface area contributed by atoms with Gasteiger partial charge >= 0.3 is 0 Å². The minimum atomic E-state index is 0.665. The molecule has 2 aromatic heterocycles. The lowest BCUT2D eigenvalue weighted by atomic mass is 10.3. The van der Waals surface area contributed by atoms with Gasteiger partial charge in [0.25, 0.3) is 0 Å². The second kappa shape index (κ2) is 5.02. The van der Waals surface area contributed by atoms with Crippen molar-refractivity contribution in [3.05, 3.63) is 47.5 Å². The molecular formula is C15H15N3OS. The molecule has 0 saturated heterocycles. The number of methoxy groups -OCH3 is 1. The van der Waals surface area contributed by atoms with E-state index in [0.29, 0.717) is 5.69 Å². The van der Waals surface area contributed by atoms with Gasteiger partial charge in [0.15, 0.2) is 0 Å². The Morgan fingerprint density at radius 2 is 2.00 bits per heavy atom. The minimum absolute atomic E-state index is 0.665. The van der Waals surface area contributed by atoms with Gasteiger partial charge in [0.05, 0.1) is 23.9 Å². The van der Waals surface area contributed by atoms with Crippen LogP contribution in [0.5, 0.6) is 5.75 Å². The van der Waals surface area contributed by atoms with E-state index in [1.807, 2.05) is 36.5 Å². The van der Waals surface area contributed by atoms with Gasteiger partial charge in [-0.3, -0.25) is 0 Å². The highest BCUT2D eigenvalue weighted by Gasteiger charge is 2.13. The second-order valence-corrected chi connectivity index (χ2v) is 5.75. The Bertz CT molecular complexity index is 745. The van der Waals surface area contributed by atoms with E-state index in [0.717, 1.165) is 22.0 Å². The number of benzene rings is 1. The summed E-state index contributed by atoms with van der Waals surface area (Å²) >= 11 is 1.69. The van der Waals surface area contributed by atoms with Gasteiger partial charge in [0.2, 0.25) is 0 Å². The molecule has 0 saturated carbocycles. The fourth-order valence-electron chi connectivity index (χ4n) is 2.08. The molecule has 0 fully saturated rings. The Balaban J connectivity index is 2.09. The first-order chi connectivity index (χ1) is 9.69. The first-order valence-electron chi connectivity index (χ1n) is 6.24. The molecule has 0 aliphatic rings. The largest absolute Gasteiger partial charge is 0.494 e. The summed E-state index contributed by atoms with van der Waals surface area (Å²) in [6.45, 7) is 2.07. The summed E-state index contributed by atoms with van der Waals surface area (Å²) in [4.78, 5) is 2.32. The molecule has 2 N–H and O–H groups in total. The minimum Gasteiger partial charge on any atom is -0.494 e. The van der Waals surface area contributed by atoms with Crippen molar-refractivity contribution in [2.45, 2.75) is 6.92 Å². The van der Waals surface area contributed by atoms with Crippen molar-refractivity contribution < 1.29 is 4.74 Å². The zero-order chi connectivity index (χ0) is 14.1. The van der Waals surface area contributed by atoms with Gasteiger partial charge in [-0.25, -0.2) is 4.68 Å². The zero-order valence-electron chi connectivity index (χ0n) is 11.3. The van der Waals surface area contributed by atoms with Crippen molar-refractivity contribution >= 4 is 17.0 Å². The summed E-state index contributed by atoms with van der Waals surface area (Å²) in [6, 6.07) is 11.9. The Morgan fingerprint density at radius 1 is 1.20 bits per heavy atom. The number of nitrogens with zero attached hydrogens (tertiary/aromatic N) is 2. The number of aromatic nitrogens is 2. The number of rotatable bonds is 3. The quantitative estimate of drug-likeness (QED) is 0.801. The summed E-state index contributed by atoms with van der Waals surface area (Å²) in [5, 5.41) is 4.59. The molecule has 5 heteroatoms. The topological polar surface area (TPSA) is 53.1 Å². The number of nitrogen functional groups attached to an aromatic ring is 1. The number of thiophene rings is 1. The van der Waals surface area contributed by atoms with E-state index in [9.17, 15) is 0 Å². The second-order valence-electron chi connectivity index (χ2n) is 4.46. The lowest BCUT2D eigenvalue weighted by molar-refractivity contribution is 0.412. The number of hydrogen-bond acceptors (Lipinski definition) is 4. The SMILES string of the molecule is COc1ccccc1-n1cc(N)c(-c2ccc(C)s2)n1. The molecule has 0 atom stereocenters. The third-order valence-electron chi connectivity index (χ3n) is 3.05. The predicted octanol–water partition coefficient (Wildman–Crippen LogP) is 3.50. The van der Waals surface area contributed by atoms with Crippen molar-refractivity contribution in [3.8, 4) is 22.0 Å². The van der Waals surface area contributed by atoms with E-state index < -0.39 is 0 Å². The molecule has 4 nitrogen and oxygen atoms in total. The molecular weight excluding hydrogens is 270 g/mol. The molecule has 0 bridgehead atoms. The normalized spacial score (nSPS) is 10.7. The first-order valence-corrected chi connectivity index (χ1v) is 7.06. The number of hydrogen-bond donors (Lipinski definition) is 1. The average molecular weight is 285 g/mol. The van der Waals surface area contributed by atoms with Crippen molar-refractivity contribution in [1.29, 1.82) is 0 Å². The van der Waals surface area contributed by atoms with Gasteiger partial charge in [0, 0.05) is 4.88 Å². The third kappa shape index (κ3) is 2.16. The van der Waals surface area contributed by atoms with Crippen LogP contribution in [0.15, 0.2) is 42.6 Å². The van der Waals surface area contributed by atoms with Crippen molar-refractivity contribution in [3.63, 3.8) is 0 Å². The highest BCUT2D eigenvalue weighted by atomic mass is 32.1. The van der Waals surface area contributed by atoms with Gasteiger partial charge < -0.3 is 10.5 Å². The highest BCUT2D eigenvalue weighted by Crippen LogP contribution is 2.32. The maximum absolute atomic E-state index is 6.09. The van der Waals surface area contributed by atoms with E-state index in [1.165, 1.54) is 4.88 Å².